The second-order valence-electron chi connectivity index (χ2n) is 5.44. The van der Waals surface area contributed by atoms with E-state index in [1.807, 2.05) is 11.9 Å². The number of carbonyl (C=O) groups excluding carboxylic acids is 1. The number of nitrogens with one attached hydrogen (secondary N) is 1. The van der Waals surface area contributed by atoms with E-state index in [4.69, 9.17) is 0 Å². The standard InChI is InChI=1S/C14H28N2O/c1-5-7-12(3)16(4)13(17)14(6-2)8-10-15-11-9-14/h12,15H,5-11H2,1-4H3. The number of carbonyl (C=O) groups is 1. The van der Waals surface area contributed by atoms with E-state index >= 15 is 0 Å². The van der Waals surface area contributed by atoms with Gasteiger partial charge in [0.05, 0.1) is 5.41 Å². The molecule has 1 N–H and O–H groups in total. The summed E-state index contributed by atoms with van der Waals surface area (Å²) in [5, 5.41) is 3.35. The summed E-state index contributed by atoms with van der Waals surface area (Å²) in [7, 11) is 1.97. The van der Waals surface area contributed by atoms with Crippen molar-refractivity contribution >= 4 is 5.91 Å². The first-order valence-electron chi connectivity index (χ1n) is 7.05. The average Bonchev–Trinajstić information content (AvgIpc) is 2.38. The molecular formula is C14H28N2O. The van der Waals surface area contributed by atoms with Gasteiger partial charge in [0, 0.05) is 13.1 Å². The average molecular weight is 240 g/mol. The van der Waals surface area contributed by atoms with E-state index in [1.54, 1.807) is 0 Å². The van der Waals surface area contributed by atoms with Crippen molar-refractivity contribution in [3.05, 3.63) is 0 Å². The molecule has 1 atom stereocenters. The molecule has 0 aromatic rings. The fourth-order valence-corrected chi connectivity index (χ4v) is 2.81. The van der Waals surface area contributed by atoms with Gasteiger partial charge < -0.3 is 10.2 Å². The van der Waals surface area contributed by atoms with Gasteiger partial charge in [0.2, 0.25) is 5.91 Å². The summed E-state index contributed by atoms with van der Waals surface area (Å²) in [6.45, 7) is 8.45. The first-order chi connectivity index (χ1) is 8.07. The van der Waals surface area contributed by atoms with Crippen LogP contribution in [-0.2, 0) is 4.79 Å². The third kappa shape index (κ3) is 3.21. The van der Waals surface area contributed by atoms with Crippen molar-refractivity contribution in [3.63, 3.8) is 0 Å². The van der Waals surface area contributed by atoms with Gasteiger partial charge in [-0.1, -0.05) is 20.3 Å². The Morgan fingerprint density at radius 1 is 1.35 bits per heavy atom. The number of amides is 1. The third-order valence-corrected chi connectivity index (χ3v) is 4.38. The second-order valence-corrected chi connectivity index (χ2v) is 5.44. The van der Waals surface area contributed by atoms with E-state index in [1.165, 1.54) is 0 Å². The fraction of sp³-hybridized carbons (Fsp3) is 0.929. The van der Waals surface area contributed by atoms with Crippen LogP contribution in [-0.4, -0.2) is 37.0 Å². The molecule has 1 aliphatic heterocycles. The van der Waals surface area contributed by atoms with Crippen molar-refractivity contribution in [3.8, 4) is 0 Å². The van der Waals surface area contributed by atoms with Gasteiger partial charge in [0.15, 0.2) is 0 Å². The molecule has 17 heavy (non-hydrogen) atoms. The van der Waals surface area contributed by atoms with Crippen molar-refractivity contribution in [1.82, 2.24) is 10.2 Å². The van der Waals surface area contributed by atoms with Crippen LogP contribution in [0.1, 0.15) is 52.9 Å². The molecule has 0 spiro atoms. The van der Waals surface area contributed by atoms with Gasteiger partial charge >= 0.3 is 0 Å². The molecule has 1 aliphatic rings. The Morgan fingerprint density at radius 3 is 2.41 bits per heavy atom. The van der Waals surface area contributed by atoms with Gasteiger partial charge in [-0.25, -0.2) is 0 Å². The van der Waals surface area contributed by atoms with Crippen LogP contribution < -0.4 is 5.32 Å². The van der Waals surface area contributed by atoms with Crippen molar-refractivity contribution in [2.75, 3.05) is 20.1 Å². The minimum absolute atomic E-state index is 0.0952. The molecule has 1 unspecified atom stereocenters. The quantitative estimate of drug-likeness (QED) is 0.800. The molecule has 1 fully saturated rings. The highest BCUT2D eigenvalue weighted by Gasteiger charge is 2.40. The van der Waals surface area contributed by atoms with Crippen molar-refractivity contribution in [2.24, 2.45) is 5.41 Å². The minimum atomic E-state index is -0.0952. The highest BCUT2D eigenvalue weighted by Crippen LogP contribution is 2.35. The predicted molar refractivity (Wildman–Crippen MR) is 72.0 cm³/mol. The van der Waals surface area contributed by atoms with Crippen molar-refractivity contribution in [2.45, 2.75) is 58.9 Å². The van der Waals surface area contributed by atoms with E-state index in [-0.39, 0.29) is 5.41 Å². The van der Waals surface area contributed by atoms with Crippen molar-refractivity contribution < 1.29 is 4.79 Å². The molecule has 3 heteroatoms. The highest BCUT2D eigenvalue weighted by atomic mass is 16.2. The van der Waals surface area contributed by atoms with Crippen LogP contribution >= 0.6 is 0 Å². The van der Waals surface area contributed by atoms with Gasteiger partial charge in [0.1, 0.15) is 0 Å². The van der Waals surface area contributed by atoms with Gasteiger partial charge in [0.25, 0.3) is 0 Å². The zero-order valence-corrected chi connectivity index (χ0v) is 11.9. The Bertz CT molecular complexity index is 247. The van der Waals surface area contributed by atoms with Crippen LogP contribution in [0.25, 0.3) is 0 Å². The Morgan fingerprint density at radius 2 is 1.94 bits per heavy atom. The lowest BCUT2D eigenvalue weighted by Crippen LogP contribution is -2.50. The number of hydrogen-bond acceptors (Lipinski definition) is 2. The smallest absolute Gasteiger partial charge is 0.228 e. The van der Waals surface area contributed by atoms with E-state index < -0.39 is 0 Å². The number of rotatable bonds is 5. The molecule has 0 aromatic carbocycles. The van der Waals surface area contributed by atoms with Crippen LogP contribution in [0.3, 0.4) is 0 Å². The maximum Gasteiger partial charge on any atom is 0.228 e. The Balaban J connectivity index is 2.71. The highest BCUT2D eigenvalue weighted by molar-refractivity contribution is 5.82. The molecule has 1 heterocycles. The first-order valence-corrected chi connectivity index (χ1v) is 7.05. The van der Waals surface area contributed by atoms with Crippen molar-refractivity contribution in [1.29, 1.82) is 0 Å². The van der Waals surface area contributed by atoms with Gasteiger partial charge in [-0.2, -0.15) is 0 Å². The molecule has 1 saturated heterocycles. The molecular weight excluding hydrogens is 212 g/mol. The maximum absolute atomic E-state index is 12.7. The predicted octanol–water partition coefficient (Wildman–Crippen LogP) is 2.41. The van der Waals surface area contributed by atoms with E-state index in [0.717, 1.165) is 45.2 Å². The minimum Gasteiger partial charge on any atom is -0.343 e. The summed E-state index contributed by atoms with van der Waals surface area (Å²) in [4.78, 5) is 14.6. The summed E-state index contributed by atoms with van der Waals surface area (Å²) >= 11 is 0. The lowest BCUT2D eigenvalue weighted by Gasteiger charge is -2.40. The monoisotopic (exact) mass is 240 g/mol. The van der Waals surface area contributed by atoms with E-state index in [0.29, 0.717) is 11.9 Å². The number of piperidine rings is 1. The SMILES string of the molecule is CCCC(C)N(C)C(=O)C1(CC)CCNCC1. The summed E-state index contributed by atoms with van der Waals surface area (Å²) in [5.41, 5.74) is -0.0952. The summed E-state index contributed by atoms with van der Waals surface area (Å²) in [5.74, 6) is 0.363. The van der Waals surface area contributed by atoms with E-state index in [9.17, 15) is 4.79 Å². The Hall–Kier alpha value is -0.570. The largest absolute Gasteiger partial charge is 0.343 e. The van der Waals surface area contributed by atoms with Gasteiger partial charge in [-0.05, 0) is 45.7 Å². The molecule has 100 valence electrons. The zero-order valence-electron chi connectivity index (χ0n) is 11.9. The first kappa shape index (κ1) is 14.5. The normalized spacial score (nSPS) is 20.9. The summed E-state index contributed by atoms with van der Waals surface area (Å²) in [6, 6.07) is 0.366. The maximum atomic E-state index is 12.7. The molecule has 0 aromatic heterocycles. The summed E-state index contributed by atoms with van der Waals surface area (Å²) in [6.07, 6.45) is 5.19. The molecule has 3 nitrogen and oxygen atoms in total. The van der Waals surface area contributed by atoms with Crippen LogP contribution in [0.5, 0.6) is 0 Å². The molecule has 0 bridgehead atoms. The summed E-state index contributed by atoms with van der Waals surface area (Å²) < 4.78 is 0. The fourth-order valence-electron chi connectivity index (χ4n) is 2.81. The second kappa shape index (κ2) is 6.39. The number of nitrogens with zero attached hydrogens (tertiary/aromatic N) is 1. The van der Waals surface area contributed by atoms with Crippen LogP contribution in [0.4, 0.5) is 0 Å². The number of hydrogen-bond donors (Lipinski definition) is 1. The molecule has 0 aliphatic carbocycles. The third-order valence-electron chi connectivity index (χ3n) is 4.38. The lowest BCUT2D eigenvalue weighted by atomic mass is 9.75. The van der Waals surface area contributed by atoms with Crippen LogP contribution in [0, 0.1) is 5.41 Å². The van der Waals surface area contributed by atoms with Gasteiger partial charge in [-0.3, -0.25) is 4.79 Å². The molecule has 0 radical (unpaired) electrons. The molecule has 1 amide bonds. The van der Waals surface area contributed by atoms with Crippen LogP contribution in [0.15, 0.2) is 0 Å². The Kier molecular flexibility index (Phi) is 5.44. The lowest BCUT2D eigenvalue weighted by molar-refractivity contribution is -0.144. The molecule has 0 saturated carbocycles. The van der Waals surface area contributed by atoms with Crippen LogP contribution in [0.2, 0.25) is 0 Å². The molecule has 1 rings (SSSR count). The Labute approximate surface area is 106 Å². The zero-order chi connectivity index (χ0) is 12.9. The van der Waals surface area contributed by atoms with Gasteiger partial charge in [-0.15, -0.1) is 0 Å². The topological polar surface area (TPSA) is 32.3 Å². The van der Waals surface area contributed by atoms with E-state index in [2.05, 4.69) is 26.1 Å².